The van der Waals surface area contributed by atoms with Crippen molar-refractivity contribution in [3.8, 4) is 0 Å². The van der Waals surface area contributed by atoms with Crippen molar-refractivity contribution < 1.29 is 19.4 Å². The number of rotatable bonds is 3. The van der Waals surface area contributed by atoms with Gasteiger partial charge >= 0.3 is 0 Å². The van der Waals surface area contributed by atoms with Gasteiger partial charge < -0.3 is 20.1 Å². The third kappa shape index (κ3) is 5.14. The Morgan fingerprint density at radius 3 is 2.76 bits per heavy atom. The molecule has 8 heteroatoms. The second-order valence-electron chi connectivity index (χ2n) is 6.57. The van der Waals surface area contributed by atoms with Crippen molar-refractivity contribution in [2.24, 2.45) is 0 Å². The normalized spacial score (nSPS) is 25.3. The van der Waals surface area contributed by atoms with Gasteiger partial charge in [0, 0.05) is 45.5 Å². The van der Waals surface area contributed by atoms with Crippen molar-refractivity contribution in [1.29, 1.82) is 0 Å². The minimum atomic E-state index is -0.250. The quantitative estimate of drug-likeness (QED) is 0.777. The topological polar surface area (TPSA) is 95.0 Å². The summed E-state index contributed by atoms with van der Waals surface area (Å²) in [5, 5.41) is 10.4. The second-order valence-corrected chi connectivity index (χ2v) is 6.57. The van der Waals surface area contributed by atoms with Gasteiger partial charge in [-0.1, -0.05) is 0 Å². The van der Waals surface area contributed by atoms with E-state index in [1.165, 1.54) is 0 Å². The summed E-state index contributed by atoms with van der Waals surface area (Å²) in [6.45, 7) is 4.73. The first-order chi connectivity index (χ1) is 11.9. The van der Waals surface area contributed by atoms with Gasteiger partial charge in [0.25, 0.3) is 12.4 Å². The summed E-state index contributed by atoms with van der Waals surface area (Å²) >= 11 is 0. The lowest BCUT2D eigenvalue weighted by molar-refractivity contribution is -0.122. The Balaban J connectivity index is 0.000000701. The van der Waals surface area contributed by atoms with Crippen LogP contribution in [0.4, 0.5) is 5.82 Å². The Kier molecular flexibility index (Phi) is 6.72. The highest BCUT2D eigenvalue weighted by atomic mass is 16.5. The number of carboxylic acid groups (broad SMARTS) is 1. The van der Waals surface area contributed by atoms with Crippen LogP contribution in [0.3, 0.4) is 0 Å². The summed E-state index contributed by atoms with van der Waals surface area (Å²) in [4.78, 5) is 28.6. The summed E-state index contributed by atoms with van der Waals surface area (Å²) < 4.78 is 5.73. The molecule has 2 fully saturated rings. The van der Waals surface area contributed by atoms with E-state index >= 15 is 0 Å². The first-order valence-electron chi connectivity index (χ1n) is 8.32. The van der Waals surface area contributed by atoms with Crippen LogP contribution < -0.4 is 5.32 Å². The lowest BCUT2D eigenvalue weighted by atomic mass is 10.1. The Morgan fingerprint density at radius 2 is 2.16 bits per heavy atom. The Bertz CT molecular complexity index is 579. The van der Waals surface area contributed by atoms with Crippen molar-refractivity contribution in [2.75, 3.05) is 39.1 Å². The first-order valence-corrected chi connectivity index (χ1v) is 8.32. The fourth-order valence-corrected chi connectivity index (χ4v) is 3.22. The van der Waals surface area contributed by atoms with Crippen LogP contribution in [0.2, 0.25) is 0 Å². The summed E-state index contributed by atoms with van der Waals surface area (Å²) in [7, 11) is 3.48. The number of amides is 1. The van der Waals surface area contributed by atoms with Crippen LogP contribution in [0.25, 0.3) is 0 Å². The van der Waals surface area contributed by atoms with Crippen LogP contribution in [0, 0.1) is 0 Å². The number of fused-ring (bicyclic) bond motifs is 1. The molecule has 0 unspecified atom stereocenters. The molecule has 0 spiro atoms. The number of nitrogens with one attached hydrogen (secondary N) is 1. The number of hydrogen-bond donors (Lipinski definition) is 2. The van der Waals surface area contributed by atoms with E-state index in [9.17, 15) is 4.79 Å². The minimum Gasteiger partial charge on any atom is -0.483 e. The van der Waals surface area contributed by atoms with E-state index in [4.69, 9.17) is 14.6 Å². The van der Waals surface area contributed by atoms with Crippen LogP contribution >= 0.6 is 0 Å². The lowest BCUT2D eigenvalue weighted by Crippen LogP contribution is -2.45. The van der Waals surface area contributed by atoms with Gasteiger partial charge in [0.1, 0.15) is 5.82 Å². The number of carbonyl (C=O) groups excluding carboxylic acids is 1. The molecule has 1 amide bonds. The summed E-state index contributed by atoms with van der Waals surface area (Å²) in [6, 6.07) is 4.61. The van der Waals surface area contributed by atoms with Gasteiger partial charge in [0.05, 0.1) is 18.3 Å². The van der Waals surface area contributed by atoms with E-state index in [0.717, 1.165) is 31.9 Å². The molecular weight excluding hydrogens is 324 g/mol. The van der Waals surface area contributed by atoms with Gasteiger partial charge in [-0.25, -0.2) is 4.98 Å². The Morgan fingerprint density at radius 1 is 1.44 bits per heavy atom. The maximum Gasteiger partial charge on any atom is 0.290 e. The number of carbonyl (C=O) groups is 2. The van der Waals surface area contributed by atoms with E-state index in [1.54, 1.807) is 25.2 Å². The van der Waals surface area contributed by atoms with Gasteiger partial charge in [-0.15, -0.1) is 0 Å². The van der Waals surface area contributed by atoms with Gasteiger partial charge in [0.15, 0.2) is 0 Å². The molecule has 2 saturated heterocycles. The zero-order valence-electron chi connectivity index (χ0n) is 14.9. The van der Waals surface area contributed by atoms with Gasteiger partial charge in [-0.05, 0) is 25.5 Å². The zero-order valence-corrected chi connectivity index (χ0v) is 14.9. The molecule has 1 aromatic heterocycles. The molecule has 3 atom stereocenters. The SMILES string of the molecule is C[C@H]1CN2C[C@H](Nc3ccc(C(=O)N(C)C)cn3)C[C@H]2CO1.O=CO. The average molecular weight is 350 g/mol. The van der Waals surface area contributed by atoms with Crippen molar-refractivity contribution in [3.05, 3.63) is 23.9 Å². The molecule has 138 valence electrons. The highest BCUT2D eigenvalue weighted by Gasteiger charge is 2.36. The van der Waals surface area contributed by atoms with Crippen molar-refractivity contribution in [1.82, 2.24) is 14.8 Å². The number of hydrogen-bond acceptors (Lipinski definition) is 6. The van der Waals surface area contributed by atoms with Crippen LogP contribution in [-0.2, 0) is 9.53 Å². The third-order valence-electron chi connectivity index (χ3n) is 4.36. The van der Waals surface area contributed by atoms with Crippen LogP contribution in [0.1, 0.15) is 23.7 Å². The number of nitrogens with zero attached hydrogens (tertiary/aromatic N) is 3. The molecule has 3 rings (SSSR count). The zero-order chi connectivity index (χ0) is 18.4. The van der Waals surface area contributed by atoms with Gasteiger partial charge in [0.2, 0.25) is 0 Å². The molecule has 3 heterocycles. The molecule has 25 heavy (non-hydrogen) atoms. The molecule has 0 saturated carbocycles. The molecular formula is C17H26N4O4. The van der Waals surface area contributed by atoms with Crippen LogP contribution in [0.5, 0.6) is 0 Å². The minimum absolute atomic E-state index is 0.0248. The van der Waals surface area contributed by atoms with Gasteiger partial charge in [-0.3, -0.25) is 14.5 Å². The highest BCUT2D eigenvalue weighted by Crippen LogP contribution is 2.25. The molecule has 0 aliphatic carbocycles. The number of ether oxygens (including phenoxy) is 1. The summed E-state index contributed by atoms with van der Waals surface area (Å²) in [5.41, 5.74) is 0.613. The van der Waals surface area contributed by atoms with Crippen molar-refractivity contribution in [2.45, 2.75) is 31.5 Å². The Hall–Kier alpha value is -2.19. The average Bonchev–Trinajstić information content (AvgIpc) is 2.97. The maximum atomic E-state index is 11.8. The number of aromatic nitrogens is 1. The maximum absolute atomic E-state index is 11.8. The molecule has 0 bridgehead atoms. The van der Waals surface area contributed by atoms with Gasteiger partial charge in [-0.2, -0.15) is 0 Å². The summed E-state index contributed by atoms with van der Waals surface area (Å²) in [6.07, 6.45) is 3.04. The van der Waals surface area contributed by atoms with Crippen LogP contribution in [-0.4, -0.2) is 84.2 Å². The van der Waals surface area contributed by atoms with E-state index in [0.29, 0.717) is 23.8 Å². The fourth-order valence-electron chi connectivity index (χ4n) is 3.22. The van der Waals surface area contributed by atoms with Crippen molar-refractivity contribution in [3.63, 3.8) is 0 Å². The predicted octanol–water partition coefficient (Wildman–Crippen LogP) is 0.758. The molecule has 0 radical (unpaired) electrons. The van der Waals surface area contributed by atoms with Crippen LogP contribution in [0.15, 0.2) is 18.3 Å². The Labute approximate surface area is 147 Å². The van der Waals surface area contributed by atoms with E-state index in [1.807, 2.05) is 12.1 Å². The number of pyridine rings is 1. The van der Waals surface area contributed by atoms with E-state index in [-0.39, 0.29) is 12.4 Å². The van der Waals surface area contributed by atoms with Crippen molar-refractivity contribution >= 4 is 18.2 Å². The fraction of sp³-hybridized carbons (Fsp3) is 0.588. The number of anilines is 1. The van der Waals surface area contributed by atoms with E-state index in [2.05, 4.69) is 22.1 Å². The summed E-state index contributed by atoms with van der Waals surface area (Å²) in [5.74, 6) is 0.803. The predicted molar refractivity (Wildman–Crippen MR) is 93.8 cm³/mol. The third-order valence-corrected chi connectivity index (χ3v) is 4.36. The smallest absolute Gasteiger partial charge is 0.290 e. The van der Waals surface area contributed by atoms with E-state index < -0.39 is 0 Å². The lowest BCUT2D eigenvalue weighted by Gasteiger charge is -2.33. The molecule has 0 aromatic carbocycles. The molecule has 8 nitrogen and oxygen atoms in total. The molecule has 2 aliphatic heterocycles. The molecule has 2 N–H and O–H groups in total. The monoisotopic (exact) mass is 350 g/mol. The standard InChI is InChI=1S/C16H24N4O2.CH2O2/c1-11-8-20-9-13(6-14(20)10-22-11)18-15-5-4-12(7-17-15)16(21)19(2)3;2-1-3/h4-5,7,11,13-14H,6,8-10H2,1-3H3,(H,17,18);1H,(H,2,3)/t11-,13+,14-;/m0./s1. The highest BCUT2D eigenvalue weighted by molar-refractivity contribution is 5.93. The number of morpholine rings is 1. The molecule has 1 aromatic rings. The second kappa shape index (κ2) is 8.77. The molecule has 2 aliphatic rings. The first kappa shape index (κ1) is 19.1. The largest absolute Gasteiger partial charge is 0.483 e.